The van der Waals surface area contributed by atoms with E-state index in [0.29, 0.717) is 6.42 Å². The van der Waals surface area contributed by atoms with Gasteiger partial charge in [0.2, 0.25) is 0 Å². The molecule has 13 heavy (non-hydrogen) atoms. The van der Waals surface area contributed by atoms with Crippen molar-refractivity contribution in [1.29, 1.82) is 0 Å². The Bertz CT molecular complexity index is 323. The molecule has 0 saturated heterocycles. The van der Waals surface area contributed by atoms with Crippen LogP contribution < -0.4 is 0 Å². The number of carbonyl (C=O) groups is 1. The van der Waals surface area contributed by atoms with Gasteiger partial charge in [0.05, 0.1) is 0 Å². The average Bonchev–Trinajstić information content (AvgIpc) is 2.10. The molecule has 3 heteroatoms. The number of carbonyl (C=O) groups excluding carboxylic acids is 1. The molecule has 0 saturated carbocycles. The van der Waals surface area contributed by atoms with Gasteiger partial charge in [-0.15, -0.1) is 0 Å². The number of hydrogen-bond acceptors (Lipinski definition) is 1. The number of hydrogen-bond donors (Lipinski definition) is 0. The van der Waals surface area contributed by atoms with E-state index in [0.717, 1.165) is 10.9 Å². The Morgan fingerprint density at radius 2 is 2.23 bits per heavy atom. The summed E-state index contributed by atoms with van der Waals surface area (Å²) in [6.45, 7) is 2.02. The van der Waals surface area contributed by atoms with Crippen LogP contribution >= 0.6 is 38.5 Å². The van der Waals surface area contributed by atoms with Gasteiger partial charge in [-0.2, -0.15) is 0 Å². The molecule has 70 valence electrons. The van der Waals surface area contributed by atoms with E-state index in [1.54, 1.807) is 0 Å². The van der Waals surface area contributed by atoms with Crippen molar-refractivity contribution < 1.29 is 4.79 Å². The molecule has 1 nitrogen and oxygen atoms in total. The molecule has 0 amide bonds. The minimum absolute atomic E-state index is 0.205. The zero-order valence-corrected chi connectivity index (χ0v) is 11.1. The summed E-state index contributed by atoms with van der Waals surface area (Å²) in [4.78, 5) is 11.5. The van der Waals surface area contributed by atoms with Gasteiger partial charge >= 0.3 is 0 Å². The Kier molecular flexibility index (Phi) is 4.38. The molecule has 0 aliphatic heterocycles. The van der Waals surface area contributed by atoms with E-state index >= 15 is 0 Å². The number of halogens is 2. The van der Waals surface area contributed by atoms with Crippen molar-refractivity contribution >= 4 is 44.3 Å². The van der Waals surface area contributed by atoms with Crippen LogP contribution in [0, 0.1) is 10.5 Å². The molecule has 0 aromatic heterocycles. The van der Waals surface area contributed by atoms with Crippen molar-refractivity contribution in [1.82, 2.24) is 0 Å². The lowest BCUT2D eigenvalue weighted by molar-refractivity contribution is 0.0990. The van der Waals surface area contributed by atoms with Gasteiger partial charge in [0.25, 0.3) is 0 Å². The molecule has 0 fully saturated rings. The lowest BCUT2D eigenvalue weighted by Gasteiger charge is -2.01. The van der Waals surface area contributed by atoms with E-state index in [9.17, 15) is 4.79 Å². The van der Waals surface area contributed by atoms with Gasteiger partial charge < -0.3 is 0 Å². The molecule has 0 aliphatic carbocycles. The van der Waals surface area contributed by atoms with Crippen LogP contribution in [0.2, 0.25) is 0 Å². The predicted octanol–water partition coefficient (Wildman–Crippen LogP) is 3.57. The maximum absolute atomic E-state index is 11.5. The summed E-state index contributed by atoms with van der Waals surface area (Å²) in [5.41, 5.74) is 1.98. The van der Waals surface area contributed by atoms with E-state index in [1.165, 1.54) is 9.13 Å². The van der Waals surface area contributed by atoms with Gasteiger partial charge in [-0.05, 0) is 47.2 Å². The highest BCUT2D eigenvalue weighted by Gasteiger charge is 2.05. The Balaban J connectivity index is 2.90. The standard InChI is InChI=1S/C10H10BrIO/c1-7-6-8(2-3-9(7)12)10(13)4-5-11/h2-3,6H,4-5H2,1H3. The number of alkyl halides is 1. The number of rotatable bonds is 3. The zero-order chi connectivity index (χ0) is 9.84. The van der Waals surface area contributed by atoms with E-state index in [-0.39, 0.29) is 5.78 Å². The van der Waals surface area contributed by atoms with E-state index in [2.05, 4.69) is 38.5 Å². The third kappa shape index (κ3) is 3.06. The molecule has 0 bridgehead atoms. The SMILES string of the molecule is Cc1cc(C(=O)CCBr)ccc1I. The Hall–Kier alpha value is 0.100. The average molecular weight is 353 g/mol. The molecular formula is C10H10BrIO. The van der Waals surface area contributed by atoms with E-state index < -0.39 is 0 Å². The molecule has 0 heterocycles. The summed E-state index contributed by atoms with van der Waals surface area (Å²) < 4.78 is 1.20. The van der Waals surface area contributed by atoms with Crippen LogP contribution in [0.5, 0.6) is 0 Å². The molecule has 0 radical (unpaired) electrons. The third-order valence-electron chi connectivity index (χ3n) is 1.80. The first-order chi connectivity index (χ1) is 6.15. The van der Waals surface area contributed by atoms with E-state index in [4.69, 9.17) is 0 Å². The molecule has 0 atom stereocenters. The van der Waals surface area contributed by atoms with Crippen LogP contribution in [0.15, 0.2) is 18.2 Å². The van der Waals surface area contributed by atoms with Crippen LogP contribution in [0.3, 0.4) is 0 Å². The molecule has 1 aromatic carbocycles. The summed E-state index contributed by atoms with van der Waals surface area (Å²) in [5, 5.41) is 0.733. The summed E-state index contributed by atoms with van der Waals surface area (Å²) >= 11 is 5.52. The predicted molar refractivity (Wildman–Crippen MR) is 66.6 cm³/mol. The lowest BCUT2D eigenvalue weighted by Crippen LogP contribution is -2.00. The van der Waals surface area contributed by atoms with Gasteiger partial charge in [0.1, 0.15) is 0 Å². The van der Waals surface area contributed by atoms with Gasteiger partial charge in [-0.1, -0.05) is 22.0 Å². The topological polar surface area (TPSA) is 17.1 Å². The smallest absolute Gasteiger partial charge is 0.163 e. The van der Waals surface area contributed by atoms with Crippen molar-refractivity contribution in [2.75, 3.05) is 5.33 Å². The highest BCUT2D eigenvalue weighted by molar-refractivity contribution is 14.1. The van der Waals surface area contributed by atoms with E-state index in [1.807, 2.05) is 25.1 Å². The van der Waals surface area contributed by atoms with Crippen molar-refractivity contribution in [2.45, 2.75) is 13.3 Å². The quantitative estimate of drug-likeness (QED) is 0.461. The van der Waals surface area contributed by atoms with Crippen LogP contribution in [-0.2, 0) is 0 Å². The van der Waals surface area contributed by atoms with Crippen molar-refractivity contribution in [2.24, 2.45) is 0 Å². The highest BCUT2D eigenvalue weighted by Crippen LogP contribution is 2.14. The monoisotopic (exact) mass is 352 g/mol. The minimum atomic E-state index is 0.205. The molecule has 1 aromatic rings. The first-order valence-electron chi connectivity index (χ1n) is 4.00. The number of aryl methyl sites for hydroxylation is 1. The fourth-order valence-electron chi connectivity index (χ4n) is 1.05. The maximum atomic E-state index is 11.5. The molecule has 0 aliphatic rings. The second-order valence-corrected chi connectivity index (χ2v) is 4.78. The maximum Gasteiger partial charge on any atom is 0.163 e. The molecular weight excluding hydrogens is 343 g/mol. The second-order valence-electron chi connectivity index (χ2n) is 2.83. The fraction of sp³-hybridized carbons (Fsp3) is 0.300. The largest absolute Gasteiger partial charge is 0.294 e. The Morgan fingerprint density at radius 1 is 1.54 bits per heavy atom. The van der Waals surface area contributed by atoms with Gasteiger partial charge in [0.15, 0.2) is 5.78 Å². The number of ketones is 1. The van der Waals surface area contributed by atoms with Crippen LogP contribution in [0.1, 0.15) is 22.3 Å². The summed E-state index contributed by atoms with van der Waals surface area (Å²) in [6.07, 6.45) is 0.569. The first-order valence-corrected chi connectivity index (χ1v) is 6.20. The fourth-order valence-corrected chi connectivity index (χ4v) is 1.74. The molecule has 0 unspecified atom stereocenters. The highest BCUT2D eigenvalue weighted by atomic mass is 127. The van der Waals surface area contributed by atoms with Crippen LogP contribution in [-0.4, -0.2) is 11.1 Å². The van der Waals surface area contributed by atoms with Crippen LogP contribution in [0.25, 0.3) is 0 Å². The number of Topliss-reactive ketones (excluding diaryl/α,β-unsaturated/α-hetero) is 1. The zero-order valence-electron chi connectivity index (χ0n) is 7.31. The van der Waals surface area contributed by atoms with Gasteiger partial charge in [0, 0.05) is 20.9 Å². The summed E-state index contributed by atoms with van der Waals surface area (Å²) in [5.74, 6) is 0.205. The third-order valence-corrected chi connectivity index (χ3v) is 3.41. The van der Waals surface area contributed by atoms with Crippen molar-refractivity contribution in [3.05, 3.63) is 32.9 Å². The molecule has 1 rings (SSSR count). The Labute approximate surface area is 100 Å². The lowest BCUT2D eigenvalue weighted by atomic mass is 10.1. The van der Waals surface area contributed by atoms with Crippen molar-refractivity contribution in [3.63, 3.8) is 0 Å². The Morgan fingerprint density at radius 3 is 2.77 bits per heavy atom. The second kappa shape index (κ2) is 5.10. The van der Waals surface area contributed by atoms with Gasteiger partial charge in [-0.25, -0.2) is 0 Å². The first kappa shape index (κ1) is 11.2. The summed E-state index contributed by atoms with van der Waals surface area (Å²) in [7, 11) is 0. The molecule has 0 spiro atoms. The minimum Gasteiger partial charge on any atom is -0.294 e. The van der Waals surface area contributed by atoms with Crippen LogP contribution in [0.4, 0.5) is 0 Å². The summed E-state index contributed by atoms with van der Waals surface area (Å²) in [6, 6.07) is 5.82. The van der Waals surface area contributed by atoms with Crippen molar-refractivity contribution in [3.8, 4) is 0 Å². The number of benzene rings is 1. The van der Waals surface area contributed by atoms with Gasteiger partial charge in [-0.3, -0.25) is 4.79 Å². The normalized spacial score (nSPS) is 10.1. The molecule has 0 N–H and O–H groups in total.